The Kier molecular flexibility index (Phi) is 7.09. The van der Waals surface area contributed by atoms with E-state index in [4.69, 9.17) is 4.74 Å². The highest BCUT2D eigenvalue weighted by Gasteiger charge is 2.37. The second kappa shape index (κ2) is 10.0. The fourth-order valence-electron chi connectivity index (χ4n) is 4.37. The molecule has 1 atom stereocenters. The zero-order valence-corrected chi connectivity index (χ0v) is 20.1. The lowest BCUT2D eigenvalue weighted by Crippen LogP contribution is -2.32. The molecule has 0 spiro atoms. The predicted octanol–water partition coefficient (Wildman–Crippen LogP) is 3.46. The van der Waals surface area contributed by atoms with Crippen LogP contribution in [0.2, 0.25) is 0 Å². The smallest absolute Gasteiger partial charge is 0.339 e. The minimum Gasteiger partial charge on any atom is -0.465 e. The van der Waals surface area contributed by atoms with Crippen molar-refractivity contribution in [1.29, 1.82) is 0 Å². The summed E-state index contributed by atoms with van der Waals surface area (Å²) in [4.78, 5) is 47.4. The molecule has 4 rings (SSSR count). The number of benzene rings is 1. The fraction of sp³-hybridized carbons (Fsp3) is 0.500. The number of nitrogens with one attached hydrogen (secondary N) is 1. The van der Waals surface area contributed by atoms with Crippen molar-refractivity contribution >= 4 is 39.9 Å². The number of carbonyl (C=O) groups excluding carboxylic acids is 3. The van der Waals surface area contributed by atoms with Crippen LogP contribution in [0.25, 0.3) is 0 Å². The SMILES string of the molecule is COC(=O)c1ccccc1N1CC(C(=O)Nc2nc(C)c(CN3CCC(C)CC3)s2)CC1=O. The van der Waals surface area contributed by atoms with Gasteiger partial charge in [0.1, 0.15) is 0 Å². The Bertz CT molecular complexity index is 1040. The van der Waals surface area contributed by atoms with E-state index in [-0.39, 0.29) is 24.8 Å². The number of para-hydroxylation sites is 1. The second-order valence-electron chi connectivity index (χ2n) is 8.89. The van der Waals surface area contributed by atoms with Crippen molar-refractivity contribution in [1.82, 2.24) is 9.88 Å². The summed E-state index contributed by atoms with van der Waals surface area (Å²) in [7, 11) is 1.30. The topological polar surface area (TPSA) is 91.8 Å². The standard InChI is InChI=1S/C24H30N4O4S/c1-15-8-10-27(11-9-15)14-20-16(2)25-24(33-20)26-22(30)17-12-21(29)28(13-17)19-7-5-4-6-18(19)23(31)32-3/h4-7,15,17H,8-14H2,1-3H3,(H,25,26,30). The Morgan fingerprint density at radius 3 is 2.70 bits per heavy atom. The number of rotatable bonds is 6. The van der Waals surface area contributed by atoms with Gasteiger partial charge >= 0.3 is 5.97 Å². The summed E-state index contributed by atoms with van der Waals surface area (Å²) in [5, 5.41) is 3.48. The Morgan fingerprint density at radius 2 is 1.97 bits per heavy atom. The van der Waals surface area contributed by atoms with Crippen molar-refractivity contribution in [2.45, 2.75) is 39.7 Å². The molecule has 1 unspecified atom stereocenters. The molecule has 0 bridgehead atoms. The molecule has 0 radical (unpaired) electrons. The van der Waals surface area contributed by atoms with Crippen molar-refractivity contribution < 1.29 is 19.1 Å². The summed E-state index contributed by atoms with van der Waals surface area (Å²) in [6.45, 7) is 7.51. The lowest BCUT2D eigenvalue weighted by Gasteiger charge is -2.29. The highest BCUT2D eigenvalue weighted by molar-refractivity contribution is 7.15. The van der Waals surface area contributed by atoms with E-state index in [0.29, 0.717) is 16.4 Å². The van der Waals surface area contributed by atoms with Crippen LogP contribution in [0.3, 0.4) is 0 Å². The van der Waals surface area contributed by atoms with Crippen LogP contribution in [0.5, 0.6) is 0 Å². The Labute approximate surface area is 197 Å². The van der Waals surface area contributed by atoms with Gasteiger partial charge in [-0.15, -0.1) is 11.3 Å². The number of likely N-dealkylation sites (tertiary alicyclic amines) is 1. The van der Waals surface area contributed by atoms with Crippen LogP contribution >= 0.6 is 11.3 Å². The summed E-state index contributed by atoms with van der Waals surface area (Å²) >= 11 is 1.50. The summed E-state index contributed by atoms with van der Waals surface area (Å²) in [6.07, 6.45) is 2.52. The van der Waals surface area contributed by atoms with Gasteiger partial charge < -0.3 is 15.0 Å². The van der Waals surface area contributed by atoms with Gasteiger partial charge in [-0.1, -0.05) is 19.1 Å². The van der Waals surface area contributed by atoms with Crippen LogP contribution in [0, 0.1) is 18.8 Å². The number of aromatic nitrogens is 1. The van der Waals surface area contributed by atoms with E-state index < -0.39 is 11.9 Å². The number of anilines is 2. The zero-order chi connectivity index (χ0) is 23.5. The van der Waals surface area contributed by atoms with E-state index in [1.54, 1.807) is 24.3 Å². The average Bonchev–Trinajstić information content (AvgIpc) is 3.36. The molecule has 0 aliphatic carbocycles. The van der Waals surface area contributed by atoms with Crippen molar-refractivity contribution in [3.8, 4) is 0 Å². The number of amides is 2. The average molecular weight is 471 g/mol. The van der Waals surface area contributed by atoms with Gasteiger partial charge in [0.15, 0.2) is 5.13 Å². The van der Waals surface area contributed by atoms with Gasteiger partial charge in [0.05, 0.1) is 30.0 Å². The highest BCUT2D eigenvalue weighted by Crippen LogP contribution is 2.31. The van der Waals surface area contributed by atoms with E-state index in [1.807, 2.05) is 6.92 Å². The van der Waals surface area contributed by atoms with Crippen LogP contribution < -0.4 is 10.2 Å². The van der Waals surface area contributed by atoms with Crippen LogP contribution in [-0.4, -0.2) is 54.4 Å². The summed E-state index contributed by atoms with van der Waals surface area (Å²) in [6, 6.07) is 6.78. The third-order valence-corrected chi connectivity index (χ3v) is 7.52. The monoisotopic (exact) mass is 470 g/mol. The summed E-state index contributed by atoms with van der Waals surface area (Å²) < 4.78 is 4.83. The van der Waals surface area contributed by atoms with Crippen LogP contribution in [0.15, 0.2) is 24.3 Å². The molecule has 0 saturated carbocycles. The maximum atomic E-state index is 12.9. The first-order valence-electron chi connectivity index (χ1n) is 11.3. The molecule has 1 aromatic heterocycles. The highest BCUT2D eigenvalue weighted by atomic mass is 32.1. The minimum atomic E-state index is -0.514. The Hall–Kier alpha value is -2.78. The molecule has 2 amide bonds. The number of hydrogen-bond acceptors (Lipinski definition) is 7. The molecule has 2 saturated heterocycles. The number of nitrogens with zero attached hydrogens (tertiary/aromatic N) is 3. The number of thiazole rings is 1. The van der Waals surface area contributed by atoms with Crippen molar-refractivity contribution in [3.63, 3.8) is 0 Å². The molecule has 2 aliphatic rings. The molecule has 1 aromatic carbocycles. The molecular weight excluding hydrogens is 440 g/mol. The molecule has 9 heteroatoms. The van der Waals surface area contributed by atoms with Crippen molar-refractivity contribution in [2.75, 3.05) is 37.0 Å². The molecule has 8 nitrogen and oxygen atoms in total. The number of carbonyl (C=O) groups is 3. The van der Waals surface area contributed by atoms with E-state index in [0.717, 1.165) is 36.1 Å². The van der Waals surface area contributed by atoms with E-state index in [9.17, 15) is 14.4 Å². The number of aryl methyl sites for hydroxylation is 1. The number of ether oxygens (including phenoxy) is 1. The van der Waals surface area contributed by atoms with Gasteiger partial charge in [0, 0.05) is 24.4 Å². The molecule has 2 fully saturated rings. The minimum absolute atomic E-state index is 0.0878. The Balaban J connectivity index is 1.40. The normalized spacial score (nSPS) is 19.7. The quantitative estimate of drug-likeness (QED) is 0.650. The van der Waals surface area contributed by atoms with Gasteiger partial charge in [-0.3, -0.25) is 14.5 Å². The number of methoxy groups -OCH3 is 1. The lowest BCUT2D eigenvalue weighted by molar-refractivity contribution is -0.122. The van der Waals surface area contributed by atoms with E-state index >= 15 is 0 Å². The molecule has 2 aliphatic heterocycles. The van der Waals surface area contributed by atoms with Gasteiger partial charge in [0.2, 0.25) is 11.8 Å². The molecule has 33 heavy (non-hydrogen) atoms. The van der Waals surface area contributed by atoms with E-state index in [2.05, 4.69) is 22.1 Å². The Morgan fingerprint density at radius 1 is 1.24 bits per heavy atom. The molecular formula is C24H30N4O4S. The number of piperidine rings is 1. The van der Waals surface area contributed by atoms with E-state index in [1.165, 1.54) is 36.2 Å². The van der Waals surface area contributed by atoms with Crippen LogP contribution in [0.4, 0.5) is 10.8 Å². The first-order valence-corrected chi connectivity index (χ1v) is 12.1. The predicted molar refractivity (Wildman–Crippen MR) is 127 cm³/mol. The molecule has 2 aromatic rings. The lowest BCUT2D eigenvalue weighted by atomic mass is 9.99. The van der Waals surface area contributed by atoms with Gasteiger partial charge in [-0.2, -0.15) is 0 Å². The van der Waals surface area contributed by atoms with Crippen molar-refractivity contribution in [3.05, 3.63) is 40.4 Å². The molecule has 3 heterocycles. The third kappa shape index (κ3) is 5.25. The van der Waals surface area contributed by atoms with Crippen LogP contribution in [0.1, 0.15) is 47.1 Å². The largest absolute Gasteiger partial charge is 0.465 e. The van der Waals surface area contributed by atoms with Crippen molar-refractivity contribution in [2.24, 2.45) is 11.8 Å². The number of hydrogen-bond donors (Lipinski definition) is 1. The first kappa shape index (κ1) is 23.4. The van der Waals surface area contributed by atoms with Gasteiger partial charge in [-0.25, -0.2) is 9.78 Å². The first-order chi connectivity index (χ1) is 15.9. The molecule has 176 valence electrons. The summed E-state index contributed by atoms with van der Waals surface area (Å²) in [5.74, 6) is -0.665. The van der Waals surface area contributed by atoms with Crippen LogP contribution in [-0.2, 0) is 20.9 Å². The third-order valence-electron chi connectivity index (χ3n) is 6.46. The number of esters is 1. The second-order valence-corrected chi connectivity index (χ2v) is 9.97. The molecule has 1 N–H and O–H groups in total. The maximum absolute atomic E-state index is 12.9. The zero-order valence-electron chi connectivity index (χ0n) is 19.3. The maximum Gasteiger partial charge on any atom is 0.339 e. The fourth-order valence-corrected chi connectivity index (χ4v) is 5.37. The summed E-state index contributed by atoms with van der Waals surface area (Å²) in [5.41, 5.74) is 1.71. The van der Waals surface area contributed by atoms with Gasteiger partial charge in [-0.05, 0) is 50.9 Å². The van der Waals surface area contributed by atoms with Gasteiger partial charge in [0.25, 0.3) is 0 Å².